The first kappa shape index (κ1) is 17.7. The third-order valence-corrected chi connectivity index (χ3v) is 5.53. The molecule has 2 heterocycles. The Balaban J connectivity index is 2.23. The van der Waals surface area contributed by atoms with E-state index in [-0.39, 0.29) is 15.7 Å². The smallest absolute Gasteiger partial charge is 0.259 e. The van der Waals surface area contributed by atoms with Gasteiger partial charge in [0.15, 0.2) is 5.43 Å². The van der Waals surface area contributed by atoms with Crippen LogP contribution in [-0.2, 0) is 5.41 Å². The molecule has 0 fully saturated rings. The Morgan fingerprint density at radius 2 is 1.92 bits per heavy atom. The maximum atomic E-state index is 12.5. The lowest BCUT2D eigenvalue weighted by Crippen LogP contribution is -2.13. The van der Waals surface area contributed by atoms with Gasteiger partial charge in [0.25, 0.3) is 5.91 Å². The summed E-state index contributed by atoms with van der Waals surface area (Å²) in [6.07, 6.45) is 0. The number of aryl methyl sites for hydroxylation is 1. The summed E-state index contributed by atoms with van der Waals surface area (Å²) in [5, 5.41) is 2.74. The first-order valence-corrected chi connectivity index (χ1v) is 9.10. The summed E-state index contributed by atoms with van der Waals surface area (Å²) < 4.78 is 0. The quantitative estimate of drug-likeness (QED) is 0.686. The lowest BCUT2D eigenvalue weighted by atomic mass is 9.85. The number of nitrogens with one attached hydrogen (secondary N) is 1. The largest absolute Gasteiger partial charge is 0.365 e. The molecule has 25 heavy (non-hydrogen) atoms. The van der Waals surface area contributed by atoms with Crippen molar-refractivity contribution in [2.75, 3.05) is 0 Å². The molecule has 6 heteroatoms. The van der Waals surface area contributed by atoms with Gasteiger partial charge in [-0.05, 0) is 29.5 Å². The highest BCUT2D eigenvalue weighted by Gasteiger charge is 2.20. The predicted molar refractivity (Wildman–Crippen MR) is 105 cm³/mol. The highest BCUT2D eigenvalue weighted by Crippen LogP contribution is 2.35. The van der Waals surface area contributed by atoms with Crippen molar-refractivity contribution in [2.45, 2.75) is 33.1 Å². The van der Waals surface area contributed by atoms with E-state index >= 15 is 0 Å². The number of benzene rings is 1. The lowest BCUT2D eigenvalue weighted by molar-refractivity contribution is 0.101. The molecule has 3 aromatic rings. The van der Waals surface area contributed by atoms with Gasteiger partial charge in [0.05, 0.1) is 16.6 Å². The molecule has 0 unspecified atom stereocenters. The zero-order valence-corrected chi connectivity index (χ0v) is 16.1. The van der Waals surface area contributed by atoms with Crippen LogP contribution >= 0.6 is 22.9 Å². The van der Waals surface area contributed by atoms with E-state index in [1.165, 1.54) is 17.4 Å². The van der Waals surface area contributed by atoms with Crippen LogP contribution in [0, 0.1) is 6.92 Å². The van der Waals surface area contributed by atoms with E-state index in [0.717, 1.165) is 16.7 Å². The topological polar surface area (TPSA) is 76.0 Å². The van der Waals surface area contributed by atoms with Gasteiger partial charge in [-0.1, -0.05) is 38.4 Å². The number of halogens is 1. The van der Waals surface area contributed by atoms with E-state index in [0.29, 0.717) is 21.6 Å². The number of hydrogen-bond acceptors (Lipinski definition) is 3. The van der Waals surface area contributed by atoms with Gasteiger partial charge in [0.2, 0.25) is 0 Å². The van der Waals surface area contributed by atoms with Crippen LogP contribution in [0.2, 0.25) is 5.02 Å². The number of amides is 1. The van der Waals surface area contributed by atoms with Gasteiger partial charge in [-0.25, -0.2) is 0 Å². The number of aromatic amines is 1. The molecule has 1 amide bonds. The fourth-order valence-electron chi connectivity index (χ4n) is 2.95. The minimum Gasteiger partial charge on any atom is -0.365 e. The van der Waals surface area contributed by atoms with Gasteiger partial charge in [0, 0.05) is 22.0 Å². The summed E-state index contributed by atoms with van der Waals surface area (Å²) in [6, 6.07) is 5.44. The number of thiophene rings is 1. The van der Waals surface area contributed by atoms with Gasteiger partial charge in [-0.3, -0.25) is 9.59 Å². The normalized spacial score (nSPS) is 11.9. The highest BCUT2D eigenvalue weighted by atomic mass is 35.5. The SMILES string of the molecule is Cc1cc(C(C)(C)C)c(Cl)cc1-c1cc(=O)c2c(C(N)=O)scc2[nH]1. The molecule has 0 spiro atoms. The van der Waals surface area contributed by atoms with Gasteiger partial charge in [-0.15, -0.1) is 11.3 Å². The molecule has 4 nitrogen and oxygen atoms in total. The maximum absolute atomic E-state index is 12.5. The molecule has 0 radical (unpaired) electrons. The standard InChI is InChI=1S/C19H19ClN2O2S/c1-9-5-11(19(2,3)4)12(20)6-10(9)13-7-15(23)16-14(22-13)8-25-17(16)18(21)24/h5-8,22H,1-4H3,(H2,21,24). The Bertz CT molecular complexity index is 1060. The molecule has 0 atom stereocenters. The van der Waals surface area contributed by atoms with E-state index in [4.69, 9.17) is 17.3 Å². The number of fused-ring (bicyclic) bond motifs is 1. The number of rotatable bonds is 2. The molecule has 0 aliphatic rings. The summed E-state index contributed by atoms with van der Waals surface area (Å²) in [4.78, 5) is 27.5. The van der Waals surface area contributed by atoms with Crippen molar-refractivity contribution >= 4 is 39.7 Å². The van der Waals surface area contributed by atoms with E-state index in [1.54, 1.807) is 5.38 Å². The number of H-pyrrole nitrogens is 1. The van der Waals surface area contributed by atoms with Crippen LogP contribution in [0.1, 0.15) is 41.6 Å². The maximum Gasteiger partial charge on any atom is 0.259 e. The van der Waals surface area contributed by atoms with Crippen molar-refractivity contribution in [3.05, 3.63) is 54.8 Å². The van der Waals surface area contributed by atoms with Crippen molar-refractivity contribution < 1.29 is 4.79 Å². The second-order valence-corrected chi connectivity index (χ2v) is 8.45. The third-order valence-electron chi connectivity index (χ3n) is 4.22. The van der Waals surface area contributed by atoms with Crippen molar-refractivity contribution in [1.82, 2.24) is 4.98 Å². The van der Waals surface area contributed by atoms with Crippen LogP contribution < -0.4 is 11.2 Å². The first-order valence-electron chi connectivity index (χ1n) is 7.85. The zero-order chi connectivity index (χ0) is 18.5. The van der Waals surface area contributed by atoms with Gasteiger partial charge < -0.3 is 10.7 Å². The molecule has 0 saturated carbocycles. The van der Waals surface area contributed by atoms with Crippen LogP contribution in [0.5, 0.6) is 0 Å². The van der Waals surface area contributed by atoms with Crippen molar-refractivity contribution in [1.29, 1.82) is 0 Å². The van der Waals surface area contributed by atoms with Crippen LogP contribution in [0.25, 0.3) is 22.2 Å². The fourth-order valence-corrected chi connectivity index (χ4v) is 4.26. The second kappa shape index (κ2) is 6.00. The Kier molecular flexibility index (Phi) is 4.25. The summed E-state index contributed by atoms with van der Waals surface area (Å²) in [6.45, 7) is 8.32. The number of aromatic nitrogens is 1. The van der Waals surface area contributed by atoms with E-state index in [1.807, 2.05) is 13.0 Å². The van der Waals surface area contributed by atoms with E-state index < -0.39 is 5.91 Å². The first-order chi connectivity index (χ1) is 11.6. The lowest BCUT2D eigenvalue weighted by Gasteiger charge is -2.22. The predicted octanol–water partition coefficient (Wildman–Crippen LogP) is 4.61. The minimum absolute atomic E-state index is 0.0680. The Labute approximate surface area is 154 Å². The van der Waals surface area contributed by atoms with Crippen molar-refractivity contribution in [2.24, 2.45) is 5.73 Å². The van der Waals surface area contributed by atoms with Gasteiger partial charge in [-0.2, -0.15) is 0 Å². The van der Waals surface area contributed by atoms with Gasteiger partial charge in [0.1, 0.15) is 4.88 Å². The summed E-state index contributed by atoms with van der Waals surface area (Å²) in [5.41, 5.74) is 9.28. The molecule has 0 bridgehead atoms. The Hall–Kier alpha value is -2.11. The van der Waals surface area contributed by atoms with Crippen molar-refractivity contribution in [3.8, 4) is 11.3 Å². The monoisotopic (exact) mass is 374 g/mol. The Morgan fingerprint density at radius 1 is 1.24 bits per heavy atom. The van der Waals surface area contributed by atoms with Crippen LogP contribution in [0.3, 0.4) is 0 Å². The second-order valence-electron chi connectivity index (χ2n) is 7.16. The molecule has 2 aromatic heterocycles. The van der Waals surface area contributed by atoms with Crippen LogP contribution in [-0.4, -0.2) is 10.9 Å². The van der Waals surface area contributed by atoms with Crippen LogP contribution in [0.4, 0.5) is 0 Å². The fraction of sp³-hybridized carbons (Fsp3) is 0.263. The molecule has 0 saturated heterocycles. The van der Waals surface area contributed by atoms with E-state index in [9.17, 15) is 9.59 Å². The number of carbonyl (C=O) groups excluding carboxylic acids is 1. The Morgan fingerprint density at radius 3 is 2.52 bits per heavy atom. The molecule has 3 N–H and O–H groups in total. The molecule has 130 valence electrons. The molecule has 0 aliphatic carbocycles. The summed E-state index contributed by atoms with van der Waals surface area (Å²) in [7, 11) is 0. The molecular weight excluding hydrogens is 356 g/mol. The van der Waals surface area contributed by atoms with Crippen molar-refractivity contribution in [3.63, 3.8) is 0 Å². The summed E-state index contributed by atoms with van der Waals surface area (Å²) in [5.74, 6) is -0.591. The zero-order valence-electron chi connectivity index (χ0n) is 14.5. The average Bonchev–Trinajstić information content (AvgIpc) is 2.92. The van der Waals surface area contributed by atoms with Crippen LogP contribution in [0.15, 0.2) is 28.4 Å². The number of hydrogen-bond donors (Lipinski definition) is 2. The molecule has 0 aliphatic heterocycles. The molecule has 1 aromatic carbocycles. The number of primary amides is 1. The number of pyridine rings is 1. The number of carbonyl (C=O) groups is 1. The van der Waals surface area contributed by atoms with Gasteiger partial charge >= 0.3 is 0 Å². The van der Waals surface area contributed by atoms with E-state index in [2.05, 4.69) is 31.8 Å². The summed E-state index contributed by atoms with van der Waals surface area (Å²) >= 11 is 7.66. The molecule has 3 rings (SSSR count). The number of nitrogens with two attached hydrogens (primary N) is 1. The average molecular weight is 375 g/mol. The third kappa shape index (κ3) is 3.10. The molecular formula is C19H19ClN2O2S. The minimum atomic E-state index is -0.591. The highest BCUT2D eigenvalue weighted by molar-refractivity contribution is 7.13.